The van der Waals surface area contributed by atoms with Crippen LogP contribution in [0.1, 0.15) is 25.7 Å². The van der Waals surface area contributed by atoms with E-state index in [4.69, 9.17) is 0 Å². The average Bonchev–Trinajstić information content (AvgIpc) is 2.04. The van der Waals surface area contributed by atoms with Crippen LogP contribution in [-0.2, 0) is 0 Å². The lowest BCUT2D eigenvalue weighted by atomic mass is 9.61. The summed E-state index contributed by atoms with van der Waals surface area (Å²) in [6.07, 6.45) is 2.45. The molecule has 0 amide bonds. The highest BCUT2D eigenvalue weighted by Gasteiger charge is 2.60. The van der Waals surface area contributed by atoms with Crippen molar-refractivity contribution >= 4 is 0 Å². The van der Waals surface area contributed by atoms with E-state index in [0.717, 1.165) is 13.0 Å². The van der Waals surface area contributed by atoms with Gasteiger partial charge in [0.25, 0.3) is 5.92 Å². The molecule has 1 spiro atoms. The van der Waals surface area contributed by atoms with E-state index in [1.54, 1.807) is 0 Å². The third kappa shape index (κ3) is 0.901. The second-order valence-electron chi connectivity index (χ2n) is 3.77. The van der Waals surface area contributed by atoms with Gasteiger partial charge in [-0.25, -0.2) is 8.78 Å². The molecule has 0 unspecified atom stereocenters. The molecular weight excluding hydrogens is 148 g/mol. The third-order valence-corrected chi connectivity index (χ3v) is 3.17. The Morgan fingerprint density at radius 1 is 1.09 bits per heavy atom. The van der Waals surface area contributed by atoms with Crippen LogP contribution in [0.5, 0.6) is 0 Å². The first-order valence-electron chi connectivity index (χ1n) is 4.25. The van der Waals surface area contributed by atoms with Crippen molar-refractivity contribution in [1.82, 2.24) is 5.32 Å². The Balaban J connectivity index is 2.09. The molecule has 0 aromatic rings. The van der Waals surface area contributed by atoms with Crippen LogP contribution < -0.4 is 5.32 Å². The van der Waals surface area contributed by atoms with Crippen molar-refractivity contribution in [2.45, 2.75) is 31.6 Å². The molecule has 2 fully saturated rings. The van der Waals surface area contributed by atoms with Crippen LogP contribution in [0, 0.1) is 5.41 Å². The van der Waals surface area contributed by atoms with E-state index >= 15 is 0 Å². The molecule has 1 heterocycles. The molecule has 0 bridgehead atoms. The van der Waals surface area contributed by atoms with Crippen LogP contribution in [0.25, 0.3) is 0 Å². The molecule has 0 aromatic heterocycles. The van der Waals surface area contributed by atoms with Crippen molar-refractivity contribution < 1.29 is 8.78 Å². The second kappa shape index (κ2) is 2.16. The molecule has 2 aliphatic rings. The Morgan fingerprint density at radius 2 is 1.91 bits per heavy atom. The summed E-state index contributed by atoms with van der Waals surface area (Å²) in [6, 6.07) is 0. The van der Waals surface area contributed by atoms with Gasteiger partial charge in [-0.3, -0.25) is 0 Å². The van der Waals surface area contributed by atoms with Crippen LogP contribution in [-0.4, -0.2) is 19.0 Å². The zero-order valence-electron chi connectivity index (χ0n) is 6.50. The molecular formula is C8H13F2N. The third-order valence-electron chi connectivity index (χ3n) is 3.17. The Kier molecular flexibility index (Phi) is 1.46. The lowest BCUT2D eigenvalue weighted by Crippen LogP contribution is -2.58. The lowest BCUT2D eigenvalue weighted by Gasteiger charge is -2.51. The average molecular weight is 161 g/mol. The molecule has 1 saturated heterocycles. The minimum absolute atomic E-state index is 0.106. The highest BCUT2D eigenvalue weighted by Crippen LogP contribution is 2.56. The van der Waals surface area contributed by atoms with Gasteiger partial charge in [-0.2, -0.15) is 0 Å². The van der Waals surface area contributed by atoms with Gasteiger partial charge in [-0.15, -0.1) is 0 Å². The Hall–Kier alpha value is -0.180. The Morgan fingerprint density at radius 3 is 2.18 bits per heavy atom. The molecule has 1 atom stereocenters. The standard InChI is InChI=1S/C8H13F2N/c9-8(10)4-3-7(8)2-1-5-11-6-7/h11H,1-6H2/t7-/m1/s1. The van der Waals surface area contributed by atoms with Gasteiger partial charge in [0.05, 0.1) is 0 Å². The Labute approximate surface area is 65.2 Å². The van der Waals surface area contributed by atoms with Gasteiger partial charge in [0.2, 0.25) is 0 Å². The van der Waals surface area contributed by atoms with Crippen molar-refractivity contribution in [3.8, 4) is 0 Å². The molecule has 3 heteroatoms. The fourth-order valence-electron chi connectivity index (χ4n) is 2.16. The first kappa shape index (κ1) is 7.47. The van der Waals surface area contributed by atoms with E-state index in [9.17, 15) is 8.78 Å². The molecule has 1 nitrogen and oxygen atoms in total. The van der Waals surface area contributed by atoms with Crippen molar-refractivity contribution in [2.75, 3.05) is 13.1 Å². The van der Waals surface area contributed by atoms with Crippen LogP contribution in [0.4, 0.5) is 8.78 Å². The predicted octanol–water partition coefficient (Wildman–Crippen LogP) is 1.79. The zero-order valence-corrected chi connectivity index (χ0v) is 6.50. The maximum Gasteiger partial charge on any atom is 0.254 e. The maximum absolute atomic E-state index is 13.0. The molecule has 11 heavy (non-hydrogen) atoms. The molecule has 1 saturated carbocycles. The van der Waals surface area contributed by atoms with E-state index < -0.39 is 11.3 Å². The van der Waals surface area contributed by atoms with Crippen LogP contribution in [0.15, 0.2) is 0 Å². The monoisotopic (exact) mass is 161 g/mol. The fraction of sp³-hybridized carbons (Fsp3) is 1.00. The summed E-state index contributed by atoms with van der Waals surface area (Å²) < 4.78 is 26.1. The first-order chi connectivity index (χ1) is 5.16. The number of alkyl halides is 2. The summed E-state index contributed by atoms with van der Waals surface area (Å²) in [6.45, 7) is 1.44. The van der Waals surface area contributed by atoms with Crippen LogP contribution in [0.3, 0.4) is 0 Å². The summed E-state index contributed by atoms with van der Waals surface area (Å²) in [5.74, 6) is -2.37. The highest BCUT2D eigenvalue weighted by atomic mass is 19.3. The van der Waals surface area contributed by atoms with E-state index in [1.807, 2.05) is 0 Å². The van der Waals surface area contributed by atoms with Gasteiger partial charge in [-0.05, 0) is 25.8 Å². The molecule has 1 aliphatic carbocycles. The largest absolute Gasteiger partial charge is 0.316 e. The topological polar surface area (TPSA) is 12.0 Å². The van der Waals surface area contributed by atoms with Gasteiger partial charge in [0, 0.05) is 18.4 Å². The van der Waals surface area contributed by atoms with Gasteiger partial charge in [0.15, 0.2) is 0 Å². The Bertz CT molecular complexity index is 161. The maximum atomic E-state index is 13.0. The van der Waals surface area contributed by atoms with Crippen LogP contribution in [0.2, 0.25) is 0 Å². The summed E-state index contributed by atoms with van der Waals surface area (Å²) in [7, 11) is 0. The van der Waals surface area contributed by atoms with Crippen molar-refractivity contribution in [3.05, 3.63) is 0 Å². The smallest absolute Gasteiger partial charge is 0.254 e. The number of rotatable bonds is 0. The van der Waals surface area contributed by atoms with Crippen molar-refractivity contribution in [1.29, 1.82) is 0 Å². The molecule has 1 aliphatic heterocycles. The number of hydrogen-bond donors (Lipinski definition) is 1. The normalized spacial score (nSPS) is 42.0. The number of halogens is 2. The first-order valence-corrected chi connectivity index (χ1v) is 4.25. The predicted molar refractivity (Wildman–Crippen MR) is 38.7 cm³/mol. The van der Waals surface area contributed by atoms with E-state index in [-0.39, 0.29) is 6.42 Å². The van der Waals surface area contributed by atoms with Gasteiger partial charge >= 0.3 is 0 Å². The van der Waals surface area contributed by atoms with E-state index in [1.165, 1.54) is 0 Å². The molecule has 0 aromatic carbocycles. The number of hydrogen-bond acceptors (Lipinski definition) is 1. The second-order valence-corrected chi connectivity index (χ2v) is 3.77. The molecule has 64 valence electrons. The minimum Gasteiger partial charge on any atom is -0.316 e. The summed E-state index contributed by atoms with van der Waals surface area (Å²) >= 11 is 0. The van der Waals surface area contributed by atoms with Gasteiger partial charge in [0.1, 0.15) is 0 Å². The fourth-order valence-corrected chi connectivity index (χ4v) is 2.16. The van der Waals surface area contributed by atoms with E-state index in [2.05, 4.69) is 5.32 Å². The molecule has 2 rings (SSSR count). The van der Waals surface area contributed by atoms with Crippen molar-refractivity contribution in [3.63, 3.8) is 0 Å². The summed E-state index contributed by atoms with van der Waals surface area (Å²) in [5, 5.41) is 3.05. The summed E-state index contributed by atoms with van der Waals surface area (Å²) in [4.78, 5) is 0. The van der Waals surface area contributed by atoms with Crippen molar-refractivity contribution in [2.24, 2.45) is 5.41 Å². The SMILES string of the molecule is FC1(F)CC[C@@]12CCCNC2. The van der Waals surface area contributed by atoms with Gasteiger partial charge < -0.3 is 5.32 Å². The zero-order chi connectivity index (χ0) is 7.95. The molecule has 0 radical (unpaired) electrons. The number of nitrogens with one attached hydrogen (secondary N) is 1. The minimum atomic E-state index is -2.37. The van der Waals surface area contributed by atoms with Crippen LogP contribution >= 0.6 is 0 Å². The van der Waals surface area contributed by atoms with Gasteiger partial charge in [-0.1, -0.05) is 0 Å². The molecule has 1 N–H and O–H groups in total. The number of piperidine rings is 1. The van der Waals surface area contributed by atoms with E-state index in [0.29, 0.717) is 19.4 Å². The lowest BCUT2D eigenvalue weighted by molar-refractivity contribution is -0.208. The highest BCUT2D eigenvalue weighted by molar-refractivity contribution is 5.04. The quantitative estimate of drug-likeness (QED) is 0.571. The summed E-state index contributed by atoms with van der Waals surface area (Å²) in [5.41, 5.74) is -0.648.